The molecule has 0 unspecified atom stereocenters. The summed E-state index contributed by atoms with van der Waals surface area (Å²) in [6, 6.07) is 0.604. The van der Waals surface area contributed by atoms with Crippen LogP contribution in [0.5, 0.6) is 5.88 Å². The molecule has 148 valence electrons. The quantitative estimate of drug-likeness (QED) is 0.818. The minimum atomic E-state index is -3.72. The van der Waals surface area contributed by atoms with Gasteiger partial charge < -0.3 is 9.64 Å². The molecule has 0 spiro atoms. The van der Waals surface area contributed by atoms with Crippen LogP contribution in [-0.4, -0.2) is 60.4 Å². The maximum atomic E-state index is 11.8. The zero-order valence-electron chi connectivity index (χ0n) is 15.6. The first-order valence-corrected chi connectivity index (χ1v) is 11.5. The lowest BCUT2D eigenvalue weighted by molar-refractivity contribution is 0.108. The first-order chi connectivity index (χ1) is 12.8. The van der Waals surface area contributed by atoms with Crippen LogP contribution >= 0.6 is 11.3 Å². The molecule has 0 radical (unpaired) electrons. The molecule has 0 bridgehead atoms. The third-order valence-electron chi connectivity index (χ3n) is 5.57. The lowest BCUT2D eigenvalue weighted by atomic mass is 9.92. The molecule has 0 saturated heterocycles. The summed E-state index contributed by atoms with van der Waals surface area (Å²) in [5.41, 5.74) is 0.938. The van der Waals surface area contributed by atoms with Gasteiger partial charge in [-0.1, -0.05) is 0 Å². The molecule has 2 N–H and O–H groups in total. The van der Waals surface area contributed by atoms with E-state index in [9.17, 15) is 8.42 Å². The zero-order valence-corrected chi connectivity index (χ0v) is 17.2. The van der Waals surface area contributed by atoms with E-state index in [0.717, 1.165) is 46.3 Å². The predicted molar refractivity (Wildman–Crippen MR) is 105 cm³/mol. The van der Waals surface area contributed by atoms with Gasteiger partial charge in [0.1, 0.15) is 17.3 Å². The van der Waals surface area contributed by atoms with Gasteiger partial charge in [0.25, 0.3) is 10.2 Å². The number of nitrogens with zero attached hydrogens (tertiary/aromatic N) is 4. The fourth-order valence-electron chi connectivity index (χ4n) is 4.00. The van der Waals surface area contributed by atoms with Crippen LogP contribution in [0.15, 0.2) is 6.33 Å². The molecule has 8 nitrogen and oxygen atoms in total. The molecule has 1 fully saturated rings. The highest BCUT2D eigenvalue weighted by atomic mass is 32.2. The Morgan fingerprint density at radius 2 is 2.00 bits per heavy atom. The highest BCUT2D eigenvalue weighted by Gasteiger charge is 2.30. The molecule has 0 amide bonds. The summed E-state index contributed by atoms with van der Waals surface area (Å²) < 4.78 is 31.2. The Kier molecular flexibility index (Phi) is 5.10. The molecule has 2 aromatic heterocycles. The van der Waals surface area contributed by atoms with Crippen LogP contribution in [0, 0.1) is 0 Å². The summed E-state index contributed by atoms with van der Waals surface area (Å²) >= 11 is 1.59. The van der Waals surface area contributed by atoms with E-state index >= 15 is 0 Å². The van der Waals surface area contributed by atoms with Crippen molar-refractivity contribution < 1.29 is 13.2 Å². The fourth-order valence-corrected chi connectivity index (χ4v) is 5.79. The molecular formula is C17H25N5O3S2. The standard InChI is InChI=1S/C17H25N5O3S2/c1-21(2)11-3-5-12(6-4-11)25-16-15-13-9-22(27(18,23)24)8-7-14(13)26-17(15)20-10-19-16/h10-12H,3-9H2,1-2H3,(H2,18,23,24). The van der Waals surface area contributed by atoms with Crippen LogP contribution in [0.2, 0.25) is 0 Å². The highest BCUT2D eigenvalue weighted by Crippen LogP contribution is 2.39. The van der Waals surface area contributed by atoms with Gasteiger partial charge in [0.15, 0.2) is 0 Å². The predicted octanol–water partition coefficient (Wildman–Crippen LogP) is 1.50. The minimum absolute atomic E-state index is 0.132. The minimum Gasteiger partial charge on any atom is -0.474 e. The Morgan fingerprint density at radius 3 is 2.67 bits per heavy atom. The van der Waals surface area contributed by atoms with Crippen molar-refractivity contribution in [2.45, 2.75) is 50.8 Å². The number of aromatic nitrogens is 2. The van der Waals surface area contributed by atoms with Crippen LogP contribution < -0.4 is 9.88 Å². The Labute approximate surface area is 163 Å². The van der Waals surface area contributed by atoms with E-state index < -0.39 is 10.2 Å². The van der Waals surface area contributed by atoms with Crippen molar-refractivity contribution in [2.75, 3.05) is 20.6 Å². The van der Waals surface area contributed by atoms with Gasteiger partial charge in [-0.25, -0.2) is 15.1 Å². The van der Waals surface area contributed by atoms with E-state index in [0.29, 0.717) is 24.9 Å². The van der Waals surface area contributed by atoms with E-state index in [1.54, 1.807) is 11.3 Å². The first-order valence-electron chi connectivity index (χ1n) is 9.19. The Hall–Kier alpha value is -1.33. The van der Waals surface area contributed by atoms with Crippen molar-refractivity contribution in [1.29, 1.82) is 0 Å². The summed E-state index contributed by atoms with van der Waals surface area (Å²) in [5, 5.41) is 6.19. The largest absolute Gasteiger partial charge is 0.474 e. The molecule has 1 aliphatic heterocycles. The molecule has 0 aromatic carbocycles. The second-order valence-corrected chi connectivity index (χ2v) is 10.1. The van der Waals surface area contributed by atoms with Crippen LogP contribution in [-0.2, 0) is 23.2 Å². The number of rotatable bonds is 4. The summed E-state index contributed by atoms with van der Waals surface area (Å²) in [6.07, 6.45) is 6.49. The Morgan fingerprint density at radius 1 is 1.26 bits per heavy atom. The molecule has 0 atom stereocenters. The van der Waals surface area contributed by atoms with Gasteiger partial charge in [-0.05, 0) is 51.8 Å². The number of thiophene rings is 1. The van der Waals surface area contributed by atoms with E-state index in [4.69, 9.17) is 9.88 Å². The SMILES string of the molecule is CN(C)C1CCC(Oc2ncnc3sc4c(c23)CN(S(N)(=O)=O)CC4)CC1. The van der Waals surface area contributed by atoms with Crippen molar-refractivity contribution in [1.82, 2.24) is 19.2 Å². The monoisotopic (exact) mass is 411 g/mol. The number of ether oxygens (including phenoxy) is 1. The van der Waals surface area contributed by atoms with E-state index in [2.05, 4.69) is 29.0 Å². The van der Waals surface area contributed by atoms with Gasteiger partial charge >= 0.3 is 0 Å². The molecule has 2 aliphatic rings. The van der Waals surface area contributed by atoms with E-state index in [-0.39, 0.29) is 12.6 Å². The second kappa shape index (κ2) is 7.25. The van der Waals surface area contributed by atoms with Crippen molar-refractivity contribution in [3.63, 3.8) is 0 Å². The van der Waals surface area contributed by atoms with Gasteiger partial charge in [0.05, 0.1) is 5.39 Å². The molecule has 10 heteroatoms. The molecule has 1 saturated carbocycles. The number of hydrogen-bond donors (Lipinski definition) is 1. The van der Waals surface area contributed by atoms with Crippen LogP contribution in [0.1, 0.15) is 36.1 Å². The molecule has 1 aliphatic carbocycles. The van der Waals surface area contributed by atoms with Crippen LogP contribution in [0.25, 0.3) is 10.2 Å². The maximum Gasteiger partial charge on any atom is 0.277 e. The third kappa shape index (κ3) is 3.81. The van der Waals surface area contributed by atoms with Gasteiger partial charge in [0.2, 0.25) is 5.88 Å². The van der Waals surface area contributed by atoms with Gasteiger partial charge in [0, 0.05) is 24.0 Å². The third-order valence-corrected chi connectivity index (χ3v) is 7.80. The lowest BCUT2D eigenvalue weighted by Crippen LogP contribution is -2.39. The van der Waals surface area contributed by atoms with E-state index in [1.807, 2.05) is 0 Å². The highest BCUT2D eigenvalue weighted by molar-refractivity contribution is 7.86. The van der Waals surface area contributed by atoms with Crippen LogP contribution in [0.4, 0.5) is 0 Å². The first kappa shape index (κ1) is 19.0. The lowest BCUT2D eigenvalue weighted by Gasteiger charge is -2.32. The molecular weight excluding hydrogens is 386 g/mol. The summed E-state index contributed by atoms with van der Waals surface area (Å²) in [6.45, 7) is 0.655. The molecule has 2 aromatic rings. The zero-order chi connectivity index (χ0) is 19.2. The maximum absolute atomic E-state index is 11.8. The van der Waals surface area contributed by atoms with Crippen molar-refractivity contribution in [3.8, 4) is 5.88 Å². The molecule has 3 heterocycles. The van der Waals surface area contributed by atoms with Gasteiger partial charge in [-0.2, -0.15) is 12.7 Å². The topological polar surface area (TPSA) is 102 Å². The van der Waals surface area contributed by atoms with Crippen molar-refractivity contribution in [3.05, 3.63) is 16.8 Å². The van der Waals surface area contributed by atoms with Gasteiger partial charge in [-0.3, -0.25) is 0 Å². The van der Waals surface area contributed by atoms with Crippen molar-refractivity contribution >= 4 is 31.8 Å². The smallest absolute Gasteiger partial charge is 0.277 e. The average Bonchev–Trinajstić information content (AvgIpc) is 3.00. The summed E-state index contributed by atoms with van der Waals surface area (Å²) in [5.74, 6) is 0.571. The van der Waals surface area contributed by atoms with E-state index in [1.165, 1.54) is 10.6 Å². The summed E-state index contributed by atoms with van der Waals surface area (Å²) in [4.78, 5) is 13.0. The van der Waals surface area contributed by atoms with Gasteiger partial charge in [-0.15, -0.1) is 11.3 Å². The Bertz CT molecular complexity index is 935. The molecule has 27 heavy (non-hydrogen) atoms. The van der Waals surface area contributed by atoms with Crippen LogP contribution in [0.3, 0.4) is 0 Å². The molecule has 4 rings (SSSR count). The summed E-state index contributed by atoms with van der Waals surface area (Å²) in [7, 11) is 0.522. The Balaban J connectivity index is 1.60. The number of nitrogens with two attached hydrogens (primary N) is 1. The second-order valence-electron chi connectivity index (χ2n) is 7.50. The van der Waals surface area contributed by atoms with Crippen molar-refractivity contribution in [2.24, 2.45) is 5.14 Å². The average molecular weight is 412 g/mol. The normalized spacial score (nSPS) is 24.3. The fraction of sp³-hybridized carbons (Fsp3) is 0.647. The number of hydrogen-bond acceptors (Lipinski definition) is 7. The number of fused-ring (bicyclic) bond motifs is 3.